The Balaban J connectivity index is 1.46. The maximum absolute atomic E-state index is 12.9. The Morgan fingerprint density at radius 2 is 2.26 bits per heavy atom. The lowest BCUT2D eigenvalue weighted by Crippen LogP contribution is -2.38. The quantitative estimate of drug-likeness (QED) is 0.757. The highest BCUT2D eigenvalue weighted by Gasteiger charge is 2.32. The van der Waals surface area contributed by atoms with E-state index in [-0.39, 0.29) is 11.9 Å². The van der Waals surface area contributed by atoms with Crippen molar-refractivity contribution in [1.29, 1.82) is 0 Å². The van der Waals surface area contributed by atoms with Crippen LogP contribution in [0.2, 0.25) is 0 Å². The predicted molar refractivity (Wildman–Crippen MR) is 105 cm³/mol. The zero-order chi connectivity index (χ0) is 18.8. The van der Waals surface area contributed by atoms with Gasteiger partial charge in [-0.15, -0.1) is 0 Å². The number of likely N-dealkylation sites (tertiary alicyclic amines) is 1. The Hall–Kier alpha value is -2.73. The van der Waals surface area contributed by atoms with Crippen molar-refractivity contribution in [3.05, 3.63) is 59.7 Å². The van der Waals surface area contributed by atoms with E-state index in [2.05, 4.69) is 29.0 Å². The van der Waals surface area contributed by atoms with Crippen molar-refractivity contribution >= 4 is 16.9 Å². The minimum Gasteiger partial charge on any atom is -0.340 e. The van der Waals surface area contributed by atoms with E-state index in [9.17, 15) is 4.79 Å². The van der Waals surface area contributed by atoms with Crippen LogP contribution in [0.25, 0.3) is 11.0 Å². The molecule has 0 spiro atoms. The van der Waals surface area contributed by atoms with Crippen LogP contribution in [0.1, 0.15) is 35.8 Å². The minimum absolute atomic E-state index is 0.0389. The monoisotopic (exact) mass is 363 g/mol. The van der Waals surface area contributed by atoms with Crippen molar-refractivity contribution in [3.8, 4) is 0 Å². The van der Waals surface area contributed by atoms with Crippen molar-refractivity contribution < 1.29 is 4.79 Å². The van der Waals surface area contributed by atoms with Gasteiger partial charge in [-0.25, -0.2) is 4.98 Å². The first-order chi connectivity index (χ1) is 13.1. The number of likely N-dealkylation sites (N-methyl/N-ethyl adjacent to an activating group) is 1. The first-order valence-corrected chi connectivity index (χ1v) is 9.43. The average Bonchev–Trinajstić information content (AvgIpc) is 3.28. The van der Waals surface area contributed by atoms with E-state index in [1.54, 1.807) is 6.20 Å². The molecule has 0 aliphatic carbocycles. The maximum Gasteiger partial charge on any atom is 0.237 e. The summed E-state index contributed by atoms with van der Waals surface area (Å²) in [7, 11) is 1.97. The molecular weight excluding hydrogens is 338 g/mol. The number of hydrogen-bond donors (Lipinski definition) is 1. The van der Waals surface area contributed by atoms with Crippen LogP contribution in [-0.4, -0.2) is 50.8 Å². The fourth-order valence-corrected chi connectivity index (χ4v) is 3.83. The fourth-order valence-electron chi connectivity index (χ4n) is 3.83. The zero-order valence-electron chi connectivity index (χ0n) is 15.9. The van der Waals surface area contributed by atoms with Crippen LogP contribution in [0, 0.1) is 6.92 Å². The molecule has 2 aromatic heterocycles. The van der Waals surface area contributed by atoms with Crippen molar-refractivity contribution in [2.75, 3.05) is 20.1 Å². The number of aryl methyl sites for hydroxylation is 1. The van der Waals surface area contributed by atoms with Gasteiger partial charge in [-0.2, -0.15) is 0 Å². The van der Waals surface area contributed by atoms with Crippen LogP contribution in [0.4, 0.5) is 0 Å². The topological polar surface area (TPSA) is 65.1 Å². The molecule has 1 amide bonds. The number of carbonyl (C=O) groups is 1. The number of aromatic amines is 1. The first kappa shape index (κ1) is 17.7. The van der Waals surface area contributed by atoms with E-state index >= 15 is 0 Å². The van der Waals surface area contributed by atoms with Gasteiger partial charge in [-0.3, -0.25) is 14.7 Å². The molecule has 6 nitrogen and oxygen atoms in total. The summed E-state index contributed by atoms with van der Waals surface area (Å²) in [5.74, 6) is 1.05. The highest BCUT2D eigenvalue weighted by molar-refractivity contribution is 5.79. The van der Waals surface area contributed by atoms with Crippen LogP contribution in [0.15, 0.2) is 42.7 Å². The van der Waals surface area contributed by atoms with E-state index in [0.717, 1.165) is 41.8 Å². The molecule has 1 unspecified atom stereocenters. The lowest BCUT2D eigenvalue weighted by atomic mass is 10.2. The molecular formula is C21H25N5O. The molecule has 1 aromatic carbocycles. The molecule has 0 bridgehead atoms. The average molecular weight is 363 g/mol. The number of imidazole rings is 1. The lowest BCUT2D eigenvalue weighted by molar-refractivity contribution is -0.133. The molecule has 1 fully saturated rings. The fraction of sp³-hybridized carbons (Fsp3) is 0.381. The van der Waals surface area contributed by atoms with Gasteiger partial charge in [-0.05, 0) is 56.1 Å². The Kier molecular flexibility index (Phi) is 4.90. The molecule has 1 aliphatic rings. The van der Waals surface area contributed by atoms with E-state index in [0.29, 0.717) is 13.1 Å². The molecule has 1 N–H and O–H groups in total. The number of aromatic nitrogens is 3. The van der Waals surface area contributed by atoms with Crippen molar-refractivity contribution in [3.63, 3.8) is 0 Å². The number of nitrogens with zero attached hydrogens (tertiary/aromatic N) is 4. The van der Waals surface area contributed by atoms with Crippen molar-refractivity contribution in [1.82, 2.24) is 24.8 Å². The van der Waals surface area contributed by atoms with Gasteiger partial charge in [0.15, 0.2) is 0 Å². The molecule has 140 valence electrons. The van der Waals surface area contributed by atoms with Gasteiger partial charge in [0.1, 0.15) is 5.82 Å². The zero-order valence-corrected chi connectivity index (χ0v) is 15.9. The number of benzene rings is 1. The van der Waals surface area contributed by atoms with Crippen molar-refractivity contribution in [2.24, 2.45) is 0 Å². The Morgan fingerprint density at radius 1 is 1.37 bits per heavy atom. The van der Waals surface area contributed by atoms with Gasteiger partial charge in [-0.1, -0.05) is 12.1 Å². The molecule has 0 radical (unpaired) electrons. The summed E-state index contributed by atoms with van der Waals surface area (Å²) in [6, 6.07) is 10.2. The molecule has 27 heavy (non-hydrogen) atoms. The van der Waals surface area contributed by atoms with Crippen LogP contribution < -0.4 is 0 Å². The van der Waals surface area contributed by atoms with Gasteiger partial charge < -0.3 is 9.88 Å². The number of rotatable bonds is 5. The number of carbonyl (C=O) groups excluding carboxylic acids is 1. The second-order valence-electron chi connectivity index (χ2n) is 7.42. The molecule has 1 aliphatic heterocycles. The van der Waals surface area contributed by atoms with E-state index in [4.69, 9.17) is 4.98 Å². The molecule has 1 atom stereocenters. The molecule has 3 heterocycles. The second kappa shape index (κ2) is 7.48. The van der Waals surface area contributed by atoms with Crippen molar-refractivity contribution in [2.45, 2.75) is 32.4 Å². The Labute approximate surface area is 159 Å². The molecule has 1 saturated heterocycles. The molecule has 3 aromatic rings. The number of nitrogens with one attached hydrogen (secondary N) is 1. The van der Waals surface area contributed by atoms with Gasteiger partial charge in [0.25, 0.3) is 0 Å². The number of pyridine rings is 1. The minimum atomic E-state index is 0.0389. The number of fused-ring (bicyclic) bond motifs is 1. The maximum atomic E-state index is 12.9. The molecule has 4 rings (SSSR count). The van der Waals surface area contributed by atoms with Gasteiger partial charge in [0.05, 0.1) is 23.6 Å². The van der Waals surface area contributed by atoms with Gasteiger partial charge in [0, 0.05) is 25.5 Å². The summed E-state index contributed by atoms with van der Waals surface area (Å²) in [5.41, 5.74) is 4.31. The smallest absolute Gasteiger partial charge is 0.237 e. The Morgan fingerprint density at radius 3 is 3.07 bits per heavy atom. The highest BCUT2D eigenvalue weighted by atomic mass is 16.2. The number of amides is 1. The molecule has 6 heteroatoms. The van der Waals surface area contributed by atoms with Crippen LogP contribution in [-0.2, 0) is 11.3 Å². The SMILES string of the molecule is Cc1ccc2nc(C3CCCN3C(=O)CN(C)Cc3cccnc3)[nH]c2c1. The second-order valence-corrected chi connectivity index (χ2v) is 7.42. The summed E-state index contributed by atoms with van der Waals surface area (Å²) in [4.78, 5) is 29.3. The third-order valence-electron chi connectivity index (χ3n) is 5.12. The lowest BCUT2D eigenvalue weighted by Gasteiger charge is -2.26. The third kappa shape index (κ3) is 3.85. The number of H-pyrrole nitrogens is 1. The largest absolute Gasteiger partial charge is 0.340 e. The van der Waals surface area contributed by atoms with Gasteiger partial charge in [0.2, 0.25) is 5.91 Å². The standard InChI is InChI=1S/C21H25N5O/c1-15-7-8-17-18(11-15)24-21(23-17)19-6-4-10-26(19)20(27)14-25(2)13-16-5-3-9-22-12-16/h3,5,7-9,11-12,19H,4,6,10,13-14H2,1-2H3,(H,23,24). The van der Waals surface area contributed by atoms with Crippen LogP contribution >= 0.6 is 0 Å². The summed E-state index contributed by atoms with van der Waals surface area (Å²) < 4.78 is 0. The summed E-state index contributed by atoms with van der Waals surface area (Å²) in [5, 5.41) is 0. The summed E-state index contributed by atoms with van der Waals surface area (Å²) >= 11 is 0. The third-order valence-corrected chi connectivity index (χ3v) is 5.12. The first-order valence-electron chi connectivity index (χ1n) is 9.43. The molecule has 0 saturated carbocycles. The highest BCUT2D eigenvalue weighted by Crippen LogP contribution is 2.31. The Bertz CT molecular complexity index is 936. The van der Waals surface area contributed by atoms with E-state index in [1.807, 2.05) is 41.2 Å². The van der Waals surface area contributed by atoms with E-state index in [1.165, 1.54) is 5.56 Å². The number of hydrogen-bond acceptors (Lipinski definition) is 4. The van der Waals surface area contributed by atoms with E-state index < -0.39 is 0 Å². The van der Waals surface area contributed by atoms with Crippen LogP contribution in [0.3, 0.4) is 0 Å². The normalized spacial score (nSPS) is 17.1. The predicted octanol–water partition coefficient (Wildman–Crippen LogP) is 3.06. The summed E-state index contributed by atoms with van der Waals surface area (Å²) in [6.07, 6.45) is 5.57. The van der Waals surface area contributed by atoms with Crippen LogP contribution in [0.5, 0.6) is 0 Å². The van der Waals surface area contributed by atoms with Gasteiger partial charge >= 0.3 is 0 Å². The summed E-state index contributed by atoms with van der Waals surface area (Å²) in [6.45, 7) is 3.97.